The quantitative estimate of drug-likeness (QED) is 0.658. The lowest BCUT2D eigenvalue weighted by molar-refractivity contribution is 0.0303. The minimum atomic E-state index is -0.336. The molecule has 0 saturated carbocycles. The summed E-state index contributed by atoms with van der Waals surface area (Å²) >= 11 is 0. The molecule has 160 valence electrons. The fourth-order valence-electron chi connectivity index (χ4n) is 3.26. The zero-order chi connectivity index (χ0) is 21.6. The van der Waals surface area contributed by atoms with Crippen LogP contribution in [0.3, 0.4) is 0 Å². The van der Waals surface area contributed by atoms with E-state index in [0.717, 1.165) is 16.9 Å². The summed E-state index contributed by atoms with van der Waals surface area (Å²) in [5.74, 6) is 0.891. The van der Waals surface area contributed by atoms with Crippen molar-refractivity contribution >= 4 is 11.8 Å². The van der Waals surface area contributed by atoms with E-state index in [4.69, 9.17) is 14.0 Å². The highest BCUT2D eigenvalue weighted by molar-refractivity contribution is 5.94. The monoisotopic (exact) mass is 421 g/mol. The number of methoxy groups -OCH3 is 1. The molecule has 3 aromatic rings. The Morgan fingerprint density at radius 3 is 2.45 bits per heavy atom. The Labute approximate surface area is 179 Å². The fourth-order valence-corrected chi connectivity index (χ4v) is 3.26. The van der Waals surface area contributed by atoms with Crippen LogP contribution in [0.4, 0.5) is 0 Å². The molecule has 2 amide bonds. The van der Waals surface area contributed by atoms with E-state index >= 15 is 0 Å². The molecule has 1 saturated heterocycles. The largest absolute Gasteiger partial charge is 0.497 e. The smallest absolute Gasteiger partial charge is 0.273 e. The molecule has 4 rings (SSSR count). The summed E-state index contributed by atoms with van der Waals surface area (Å²) in [6.45, 7) is 2.66. The highest BCUT2D eigenvalue weighted by Crippen LogP contribution is 2.23. The van der Waals surface area contributed by atoms with Crippen molar-refractivity contribution in [2.45, 2.75) is 6.54 Å². The number of nitrogens with one attached hydrogen (secondary N) is 1. The number of morpholine rings is 1. The second-order valence-electron chi connectivity index (χ2n) is 7.09. The average molecular weight is 421 g/mol. The van der Waals surface area contributed by atoms with Crippen LogP contribution < -0.4 is 10.1 Å². The number of hydrogen-bond donors (Lipinski definition) is 1. The van der Waals surface area contributed by atoms with Crippen LogP contribution in [0.1, 0.15) is 26.4 Å². The van der Waals surface area contributed by atoms with Crippen molar-refractivity contribution in [1.82, 2.24) is 15.4 Å². The van der Waals surface area contributed by atoms with Gasteiger partial charge < -0.3 is 24.2 Å². The maximum absolute atomic E-state index is 12.5. The Kier molecular flexibility index (Phi) is 6.28. The van der Waals surface area contributed by atoms with Crippen molar-refractivity contribution in [3.8, 4) is 17.1 Å². The van der Waals surface area contributed by atoms with Gasteiger partial charge in [0.1, 0.15) is 5.75 Å². The third kappa shape index (κ3) is 4.92. The lowest BCUT2D eigenvalue weighted by atomic mass is 10.1. The van der Waals surface area contributed by atoms with Gasteiger partial charge in [-0.25, -0.2) is 0 Å². The van der Waals surface area contributed by atoms with E-state index in [2.05, 4.69) is 10.5 Å². The van der Waals surface area contributed by atoms with Crippen molar-refractivity contribution in [3.05, 3.63) is 71.4 Å². The summed E-state index contributed by atoms with van der Waals surface area (Å²) in [6.07, 6.45) is 0. The van der Waals surface area contributed by atoms with Crippen LogP contribution in [0.5, 0.6) is 5.75 Å². The molecule has 0 unspecified atom stereocenters. The molecule has 1 N–H and O–H groups in total. The molecule has 2 heterocycles. The number of ether oxygens (including phenoxy) is 2. The molecular weight excluding hydrogens is 398 g/mol. The van der Waals surface area contributed by atoms with Crippen molar-refractivity contribution in [2.24, 2.45) is 0 Å². The molecule has 1 aliphatic rings. The Morgan fingerprint density at radius 1 is 1.06 bits per heavy atom. The van der Waals surface area contributed by atoms with E-state index < -0.39 is 0 Å². The normalized spacial score (nSPS) is 13.6. The van der Waals surface area contributed by atoms with Gasteiger partial charge in [-0.05, 0) is 42.0 Å². The van der Waals surface area contributed by atoms with Crippen LogP contribution in [0.25, 0.3) is 11.3 Å². The van der Waals surface area contributed by atoms with Crippen molar-refractivity contribution in [3.63, 3.8) is 0 Å². The van der Waals surface area contributed by atoms with Gasteiger partial charge in [0.05, 0.1) is 20.3 Å². The van der Waals surface area contributed by atoms with E-state index in [0.29, 0.717) is 44.2 Å². The van der Waals surface area contributed by atoms with Gasteiger partial charge in [-0.2, -0.15) is 0 Å². The summed E-state index contributed by atoms with van der Waals surface area (Å²) in [5.41, 5.74) is 2.50. The first kappa shape index (κ1) is 20.6. The lowest BCUT2D eigenvalue weighted by Crippen LogP contribution is -2.40. The van der Waals surface area contributed by atoms with Crippen LogP contribution in [0.15, 0.2) is 59.1 Å². The van der Waals surface area contributed by atoms with E-state index in [9.17, 15) is 9.59 Å². The fraction of sp³-hybridized carbons (Fsp3) is 0.261. The second kappa shape index (κ2) is 9.44. The summed E-state index contributed by atoms with van der Waals surface area (Å²) in [4.78, 5) is 26.7. The van der Waals surface area contributed by atoms with Crippen LogP contribution in [0, 0.1) is 0 Å². The molecule has 2 aromatic carbocycles. The Balaban J connectivity index is 1.33. The molecule has 1 aromatic heterocycles. The molecule has 0 spiro atoms. The minimum Gasteiger partial charge on any atom is -0.497 e. The average Bonchev–Trinajstić information content (AvgIpc) is 3.33. The first-order chi connectivity index (χ1) is 15.1. The van der Waals surface area contributed by atoms with Crippen LogP contribution >= 0.6 is 0 Å². The van der Waals surface area contributed by atoms with E-state index in [-0.39, 0.29) is 17.5 Å². The first-order valence-corrected chi connectivity index (χ1v) is 9.99. The van der Waals surface area contributed by atoms with Crippen molar-refractivity contribution < 1.29 is 23.6 Å². The van der Waals surface area contributed by atoms with Gasteiger partial charge in [-0.15, -0.1) is 0 Å². The number of benzene rings is 2. The number of carbonyl (C=O) groups excluding carboxylic acids is 2. The maximum Gasteiger partial charge on any atom is 0.273 e. The first-order valence-electron chi connectivity index (χ1n) is 9.99. The predicted octanol–water partition coefficient (Wildman–Crippen LogP) is 2.75. The molecule has 8 heteroatoms. The number of hydrogen-bond acceptors (Lipinski definition) is 6. The van der Waals surface area contributed by atoms with Gasteiger partial charge in [-0.1, -0.05) is 17.3 Å². The molecule has 0 bridgehead atoms. The van der Waals surface area contributed by atoms with Gasteiger partial charge in [0.2, 0.25) is 0 Å². The van der Waals surface area contributed by atoms with Gasteiger partial charge in [-0.3, -0.25) is 9.59 Å². The topological polar surface area (TPSA) is 93.9 Å². The van der Waals surface area contributed by atoms with E-state index in [1.807, 2.05) is 36.4 Å². The highest BCUT2D eigenvalue weighted by Gasteiger charge is 2.18. The number of carbonyl (C=O) groups is 2. The number of rotatable bonds is 6. The van der Waals surface area contributed by atoms with Crippen molar-refractivity contribution in [1.29, 1.82) is 0 Å². The third-order valence-electron chi connectivity index (χ3n) is 5.07. The number of nitrogens with zero attached hydrogens (tertiary/aromatic N) is 2. The van der Waals surface area contributed by atoms with Crippen LogP contribution in [-0.4, -0.2) is 55.3 Å². The summed E-state index contributed by atoms with van der Waals surface area (Å²) in [6, 6.07) is 16.1. The molecule has 1 aliphatic heterocycles. The Hall–Kier alpha value is -3.65. The Morgan fingerprint density at radius 2 is 1.77 bits per heavy atom. The van der Waals surface area contributed by atoms with Gasteiger partial charge in [0.25, 0.3) is 11.8 Å². The summed E-state index contributed by atoms with van der Waals surface area (Å²) < 4.78 is 15.7. The minimum absolute atomic E-state index is 0.00690. The highest BCUT2D eigenvalue weighted by atomic mass is 16.5. The molecular formula is C23H23N3O5. The second-order valence-corrected chi connectivity index (χ2v) is 7.09. The van der Waals surface area contributed by atoms with Crippen LogP contribution in [0.2, 0.25) is 0 Å². The van der Waals surface area contributed by atoms with E-state index in [1.54, 1.807) is 30.2 Å². The van der Waals surface area contributed by atoms with Gasteiger partial charge >= 0.3 is 0 Å². The lowest BCUT2D eigenvalue weighted by Gasteiger charge is -2.26. The zero-order valence-electron chi connectivity index (χ0n) is 17.2. The molecule has 1 fully saturated rings. The maximum atomic E-state index is 12.5. The zero-order valence-corrected chi connectivity index (χ0v) is 17.2. The third-order valence-corrected chi connectivity index (χ3v) is 5.07. The molecule has 0 aliphatic carbocycles. The SMILES string of the molecule is COc1ccc(-c2cc(C(=O)NCc3ccc(C(=O)N4CCOCC4)cc3)no2)cc1. The van der Waals surface area contributed by atoms with Gasteiger partial charge in [0, 0.05) is 36.8 Å². The number of aromatic nitrogens is 1. The molecule has 0 radical (unpaired) electrons. The van der Waals surface area contributed by atoms with Gasteiger partial charge in [0.15, 0.2) is 11.5 Å². The molecule has 0 atom stereocenters. The predicted molar refractivity (Wildman–Crippen MR) is 113 cm³/mol. The van der Waals surface area contributed by atoms with E-state index in [1.165, 1.54) is 0 Å². The summed E-state index contributed by atoms with van der Waals surface area (Å²) in [5, 5.41) is 6.67. The van der Waals surface area contributed by atoms with Crippen molar-refractivity contribution in [2.75, 3.05) is 33.4 Å². The standard InChI is InChI=1S/C23H23N3O5/c1-29-19-8-6-17(7-9-19)21-14-20(25-31-21)22(27)24-15-16-2-4-18(5-3-16)23(28)26-10-12-30-13-11-26/h2-9,14H,10-13,15H2,1H3,(H,24,27). The van der Waals surface area contributed by atoms with Crippen LogP contribution in [-0.2, 0) is 11.3 Å². The molecule has 8 nitrogen and oxygen atoms in total. The molecule has 31 heavy (non-hydrogen) atoms. The summed E-state index contributed by atoms with van der Waals surface area (Å²) in [7, 11) is 1.60. The Bertz CT molecular complexity index is 1040. The number of amides is 2.